The molecule has 3 rings (SSSR count). The smallest absolute Gasteiger partial charge is 0.246 e. The van der Waals surface area contributed by atoms with Crippen LogP contribution in [0.1, 0.15) is 5.56 Å². The summed E-state index contributed by atoms with van der Waals surface area (Å²) in [5.41, 5.74) is 9.22. The number of aryl methyl sites for hydroxylation is 1. The van der Waals surface area contributed by atoms with Gasteiger partial charge in [0.05, 0.1) is 11.7 Å². The quantitative estimate of drug-likeness (QED) is 0.724. The van der Waals surface area contributed by atoms with Crippen LogP contribution in [0.3, 0.4) is 0 Å². The maximum atomic E-state index is 12.1. The van der Waals surface area contributed by atoms with Crippen molar-refractivity contribution in [1.29, 1.82) is 0 Å². The SMILES string of the molecule is Cc1ccc(NC(=O)Cn2ncc3ccc(N)cc32)cc1. The molecule has 0 saturated heterocycles. The molecule has 2 aromatic carbocycles. The monoisotopic (exact) mass is 280 g/mol. The molecule has 0 bridgehead atoms. The second kappa shape index (κ2) is 5.28. The summed E-state index contributed by atoms with van der Waals surface area (Å²) in [6, 6.07) is 13.2. The van der Waals surface area contributed by atoms with Gasteiger partial charge in [0.25, 0.3) is 0 Å². The Morgan fingerprint density at radius 1 is 1.24 bits per heavy atom. The largest absolute Gasteiger partial charge is 0.399 e. The summed E-state index contributed by atoms with van der Waals surface area (Å²) < 4.78 is 1.65. The molecule has 0 spiro atoms. The van der Waals surface area contributed by atoms with Crippen molar-refractivity contribution in [3.05, 3.63) is 54.2 Å². The Bertz CT molecular complexity index is 790. The number of nitrogens with two attached hydrogens (primary N) is 1. The minimum atomic E-state index is -0.119. The summed E-state index contributed by atoms with van der Waals surface area (Å²) in [7, 11) is 0. The van der Waals surface area contributed by atoms with Gasteiger partial charge in [-0.1, -0.05) is 17.7 Å². The molecule has 1 aromatic heterocycles. The zero-order chi connectivity index (χ0) is 14.8. The molecule has 3 N–H and O–H groups in total. The van der Waals surface area contributed by atoms with Crippen molar-refractivity contribution < 1.29 is 4.79 Å². The molecule has 1 amide bonds. The molecule has 0 aliphatic rings. The van der Waals surface area contributed by atoms with Gasteiger partial charge in [0.1, 0.15) is 6.54 Å². The summed E-state index contributed by atoms with van der Waals surface area (Å²) in [4.78, 5) is 12.1. The van der Waals surface area contributed by atoms with Crippen molar-refractivity contribution in [2.24, 2.45) is 0 Å². The van der Waals surface area contributed by atoms with E-state index < -0.39 is 0 Å². The maximum Gasteiger partial charge on any atom is 0.246 e. The molecule has 0 aliphatic heterocycles. The number of carbonyl (C=O) groups is 1. The summed E-state index contributed by atoms with van der Waals surface area (Å²) in [6.45, 7) is 2.16. The first-order chi connectivity index (χ1) is 10.1. The lowest BCUT2D eigenvalue weighted by atomic mass is 10.2. The van der Waals surface area contributed by atoms with Crippen molar-refractivity contribution in [3.63, 3.8) is 0 Å². The van der Waals surface area contributed by atoms with E-state index in [4.69, 9.17) is 5.73 Å². The molecule has 5 nitrogen and oxygen atoms in total. The molecule has 3 aromatic rings. The number of anilines is 2. The Labute approximate surface area is 122 Å². The molecular weight excluding hydrogens is 264 g/mol. The third-order valence-electron chi connectivity index (χ3n) is 3.30. The van der Waals surface area contributed by atoms with Gasteiger partial charge in [-0.2, -0.15) is 5.10 Å². The van der Waals surface area contributed by atoms with Gasteiger partial charge >= 0.3 is 0 Å². The molecule has 0 aliphatic carbocycles. The van der Waals surface area contributed by atoms with E-state index >= 15 is 0 Å². The lowest BCUT2D eigenvalue weighted by Gasteiger charge is -2.07. The standard InChI is InChI=1S/C16H16N4O/c1-11-2-6-14(7-3-11)19-16(21)10-20-15-8-13(17)5-4-12(15)9-18-20/h2-9H,10,17H2,1H3,(H,19,21). The number of amides is 1. The van der Waals surface area contributed by atoms with E-state index in [1.54, 1.807) is 10.9 Å². The normalized spacial score (nSPS) is 10.7. The number of nitrogens with zero attached hydrogens (tertiary/aromatic N) is 2. The van der Waals surface area contributed by atoms with Crippen molar-refractivity contribution in [1.82, 2.24) is 9.78 Å². The number of fused-ring (bicyclic) bond motifs is 1. The summed E-state index contributed by atoms with van der Waals surface area (Å²) in [5.74, 6) is -0.119. The van der Waals surface area contributed by atoms with Crippen molar-refractivity contribution >= 4 is 28.2 Å². The van der Waals surface area contributed by atoms with E-state index in [9.17, 15) is 4.79 Å². The van der Waals surface area contributed by atoms with Gasteiger partial charge in [-0.05, 0) is 37.3 Å². The van der Waals surface area contributed by atoms with E-state index in [1.807, 2.05) is 49.4 Å². The van der Waals surface area contributed by atoms with Crippen LogP contribution >= 0.6 is 0 Å². The highest BCUT2D eigenvalue weighted by atomic mass is 16.2. The van der Waals surface area contributed by atoms with Gasteiger partial charge < -0.3 is 11.1 Å². The van der Waals surface area contributed by atoms with Crippen LogP contribution in [0.5, 0.6) is 0 Å². The number of benzene rings is 2. The van der Waals surface area contributed by atoms with Crippen LogP contribution in [0.4, 0.5) is 11.4 Å². The van der Waals surface area contributed by atoms with Gasteiger partial charge in [0.15, 0.2) is 0 Å². The molecule has 0 unspecified atom stereocenters. The number of aromatic nitrogens is 2. The molecule has 1 heterocycles. The minimum absolute atomic E-state index is 0.119. The number of nitrogen functional groups attached to an aromatic ring is 1. The lowest BCUT2D eigenvalue weighted by molar-refractivity contribution is -0.116. The number of hydrogen-bond acceptors (Lipinski definition) is 3. The Balaban J connectivity index is 1.77. The van der Waals surface area contributed by atoms with Crippen LogP contribution in [0, 0.1) is 6.92 Å². The first kappa shape index (κ1) is 13.2. The third-order valence-corrected chi connectivity index (χ3v) is 3.30. The van der Waals surface area contributed by atoms with E-state index in [1.165, 1.54) is 0 Å². The average Bonchev–Trinajstić information content (AvgIpc) is 2.84. The number of carbonyl (C=O) groups excluding carboxylic acids is 1. The molecule has 0 fully saturated rings. The summed E-state index contributed by atoms with van der Waals surface area (Å²) >= 11 is 0. The highest BCUT2D eigenvalue weighted by Gasteiger charge is 2.08. The number of hydrogen-bond donors (Lipinski definition) is 2. The first-order valence-corrected chi connectivity index (χ1v) is 6.69. The highest BCUT2D eigenvalue weighted by Crippen LogP contribution is 2.17. The molecular formula is C16H16N4O. The fraction of sp³-hybridized carbons (Fsp3) is 0.125. The average molecular weight is 280 g/mol. The Morgan fingerprint density at radius 3 is 2.76 bits per heavy atom. The van der Waals surface area contributed by atoms with Crippen LogP contribution < -0.4 is 11.1 Å². The maximum absolute atomic E-state index is 12.1. The summed E-state index contributed by atoms with van der Waals surface area (Å²) in [5, 5.41) is 8.05. The van der Waals surface area contributed by atoms with Gasteiger partial charge in [0, 0.05) is 16.8 Å². The molecule has 21 heavy (non-hydrogen) atoms. The molecule has 0 radical (unpaired) electrons. The van der Waals surface area contributed by atoms with Crippen LogP contribution in [0.2, 0.25) is 0 Å². The third kappa shape index (κ3) is 2.86. The zero-order valence-corrected chi connectivity index (χ0v) is 11.7. The number of nitrogens with one attached hydrogen (secondary N) is 1. The van der Waals surface area contributed by atoms with Gasteiger partial charge in [0.2, 0.25) is 5.91 Å². The Morgan fingerprint density at radius 2 is 2.00 bits per heavy atom. The van der Waals surface area contributed by atoms with Crippen LogP contribution in [-0.2, 0) is 11.3 Å². The predicted octanol–water partition coefficient (Wildman–Crippen LogP) is 2.57. The Hall–Kier alpha value is -2.82. The van der Waals surface area contributed by atoms with Gasteiger partial charge in [-0.15, -0.1) is 0 Å². The van der Waals surface area contributed by atoms with E-state index in [-0.39, 0.29) is 12.5 Å². The van der Waals surface area contributed by atoms with Crippen molar-refractivity contribution in [2.45, 2.75) is 13.5 Å². The first-order valence-electron chi connectivity index (χ1n) is 6.69. The molecule has 106 valence electrons. The minimum Gasteiger partial charge on any atom is -0.399 e. The molecule has 0 atom stereocenters. The van der Waals surface area contributed by atoms with Gasteiger partial charge in [-0.25, -0.2) is 0 Å². The Kier molecular flexibility index (Phi) is 3.31. The van der Waals surface area contributed by atoms with Gasteiger partial charge in [-0.3, -0.25) is 9.48 Å². The van der Waals surface area contributed by atoms with E-state index in [0.29, 0.717) is 5.69 Å². The van der Waals surface area contributed by atoms with Crippen LogP contribution in [0.15, 0.2) is 48.7 Å². The van der Waals surface area contributed by atoms with Crippen molar-refractivity contribution in [2.75, 3.05) is 11.1 Å². The molecule has 0 saturated carbocycles. The van der Waals surface area contributed by atoms with E-state index in [0.717, 1.165) is 22.2 Å². The van der Waals surface area contributed by atoms with Crippen molar-refractivity contribution in [3.8, 4) is 0 Å². The second-order valence-electron chi connectivity index (χ2n) is 5.03. The van der Waals surface area contributed by atoms with E-state index in [2.05, 4.69) is 10.4 Å². The fourth-order valence-corrected chi connectivity index (χ4v) is 2.19. The zero-order valence-electron chi connectivity index (χ0n) is 11.7. The lowest BCUT2D eigenvalue weighted by Crippen LogP contribution is -2.19. The topological polar surface area (TPSA) is 72.9 Å². The predicted molar refractivity (Wildman–Crippen MR) is 84.0 cm³/mol. The second-order valence-corrected chi connectivity index (χ2v) is 5.03. The highest BCUT2D eigenvalue weighted by molar-refractivity contribution is 5.92. The van der Waals surface area contributed by atoms with Crippen LogP contribution in [-0.4, -0.2) is 15.7 Å². The fourth-order valence-electron chi connectivity index (χ4n) is 2.19. The number of rotatable bonds is 3. The summed E-state index contributed by atoms with van der Waals surface area (Å²) in [6.07, 6.45) is 1.73. The molecule has 5 heteroatoms. The van der Waals surface area contributed by atoms with Crippen LogP contribution in [0.25, 0.3) is 10.9 Å².